The Hall–Kier alpha value is -3.47. The Morgan fingerprint density at radius 1 is 1.07 bits per heavy atom. The van der Waals surface area contributed by atoms with Crippen molar-refractivity contribution in [2.24, 2.45) is 0 Å². The molecule has 0 spiro atoms. The molecule has 140 valence electrons. The molecule has 0 fully saturated rings. The van der Waals surface area contributed by atoms with Crippen molar-refractivity contribution in [3.63, 3.8) is 0 Å². The van der Waals surface area contributed by atoms with Gasteiger partial charge in [-0.05, 0) is 42.7 Å². The zero-order valence-electron chi connectivity index (χ0n) is 15.7. The average molecular weight is 371 g/mol. The molecule has 5 heteroatoms. The summed E-state index contributed by atoms with van der Waals surface area (Å²) >= 11 is 0. The lowest BCUT2D eigenvalue weighted by atomic mass is 10.1. The largest absolute Gasteiger partial charge is 0.348 e. The van der Waals surface area contributed by atoms with E-state index in [1.807, 2.05) is 55.5 Å². The van der Waals surface area contributed by atoms with Gasteiger partial charge in [0.2, 0.25) is 0 Å². The second-order valence-corrected chi connectivity index (χ2v) is 6.93. The molecule has 1 aromatic heterocycles. The van der Waals surface area contributed by atoms with Gasteiger partial charge >= 0.3 is 0 Å². The monoisotopic (exact) mass is 371 g/mol. The van der Waals surface area contributed by atoms with Crippen LogP contribution < -0.4 is 10.2 Å². The van der Waals surface area contributed by atoms with Crippen molar-refractivity contribution in [2.45, 2.75) is 19.9 Å². The summed E-state index contributed by atoms with van der Waals surface area (Å²) < 4.78 is 0. The first-order valence-electron chi connectivity index (χ1n) is 9.31. The lowest BCUT2D eigenvalue weighted by molar-refractivity contribution is 0.0951. The molecule has 28 heavy (non-hydrogen) atoms. The van der Waals surface area contributed by atoms with Crippen molar-refractivity contribution in [3.05, 3.63) is 94.8 Å². The van der Waals surface area contributed by atoms with E-state index in [4.69, 9.17) is 0 Å². The highest BCUT2D eigenvalue weighted by atomic mass is 16.2. The highest BCUT2D eigenvalue weighted by Gasteiger charge is 2.26. The minimum Gasteiger partial charge on any atom is -0.348 e. The van der Waals surface area contributed by atoms with E-state index in [0.717, 1.165) is 23.2 Å². The second kappa shape index (κ2) is 7.64. The van der Waals surface area contributed by atoms with Crippen LogP contribution in [0, 0.1) is 6.92 Å². The van der Waals surface area contributed by atoms with Crippen LogP contribution in [0.3, 0.4) is 0 Å². The van der Waals surface area contributed by atoms with Gasteiger partial charge in [-0.1, -0.05) is 48.0 Å². The number of benzene rings is 2. The first kappa shape index (κ1) is 17.9. The number of carbonyl (C=O) groups is 2. The number of para-hydroxylation sites is 1. The summed E-state index contributed by atoms with van der Waals surface area (Å²) in [6.45, 7) is 3.09. The van der Waals surface area contributed by atoms with E-state index < -0.39 is 0 Å². The van der Waals surface area contributed by atoms with Gasteiger partial charge in [0.15, 0.2) is 0 Å². The van der Waals surface area contributed by atoms with Crippen LogP contribution in [0.1, 0.15) is 37.5 Å². The van der Waals surface area contributed by atoms with E-state index in [9.17, 15) is 9.59 Å². The van der Waals surface area contributed by atoms with Gasteiger partial charge in [-0.3, -0.25) is 14.6 Å². The fraction of sp³-hybridized carbons (Fsp3) is 0.174. The molecule has 2 aromatic carbocycles. The molecule has 5 nitrogen and oxygen atoms in total. The van der Waals surface area contributed by atoms with Gasteiger partial charge in [0.1, 0.15) is 5.69 Å². The van der Waals surface area contributed by atoms with Gasteiger partial charge in [0.25, 0.3) is 11.8 Å². The summed E-state index contributed by atoms with van der Waals surface area (Å²) in [5, 5.41) is 2.89. The molecule has 1 N–H and O–H groups in total. The number of hydrogen-bond donors (Lipinski definition) is 1. The minimum absolute atomic E-state index is 0.182. The molecule has 0 bridgehead atoms. The molecule has 0 saturated heterocycles. The Kier molecular flexibility index (Phi) is 4.89. The SMILES string of the molecule is Cc1ccc(CNC(=O)c2ccnc(C(=O)N3CCc4ccccc43)c2)cc1. The van der Waals surface area contributed by atoms with E-state index in [-0.39, 0.29) is 17.5 Å². The highest BCUT2D eigenvalue weighted by Crippen LogP contribution is 2.28. The topological polar surface area (TPSA) is 62.3 Å². The molecule has 3 aromatic rings. The number of fused-ring (bicyclic) bond motifs is 1. The molecular formula is C23H21N3O2. The number of aryl methyl sites for hydroxylation is 1. The number of rotatable bonds is 4. The van der Waals surface area contributed by atoms with Gasteiger partial charge in [0.05, 0.1) is 0 Å². The number of carbonyl (C=O) groups excluding carboxylic acids is 2. The van der Waals surface area contributed by atoms with Gasteiger partial charge in [-0.25, -0.2) is 0 Å². The molecular weight excluding hydrogens is 350 g/mol. The van der Waals surface area contributed by atoms with Crippen LogP contribution in [-0.2, 0) is 13.0 Å². The van der Waals surface area contributed by atoms with Crippen molar-refractivity contribution in [1.82, 2.24) is 10.3 Å². The van der Waals surface area contributed by atoms with Crippen molar-refractivity contribution in [2.75, 3.05) is 11.4 Å². The third-order valence-corrected chi connectivity index (χ3v) is 4.95. The number of anilines is 1. The number of pyridine rings is 1. The van der Waals surface area contributed by atoms with Crippen molar-refractivity contribution in [3.8, 4) is 0 Å². The maximum atomic E-state index is 12.9. The predicted octanol–water partition coefficient (Wildman–Crippen LogP) is 3.52. The maximum absolute atomic E-state index is 12.9. The lowest BCUT2D eigenvalue weighted by Gasteiger charge is -2.17. The zero-order chi connectivity index (χ0) is 19.5. The Morgan fingerprint density at radius 2 is 1.86 bits per heavy atom. The van der Waals surface area contributed by atoms with Gasteiger partial charge in [-0.2, -0.15) is 0 Å². The van der Waals surface area contributed by atoms with Crippen LogP contribution in [0.2, 0.25) is 0 Å². The Morgan fingerprint density at radius 3 is 2.68 bits per heavy atom. The van der Waals surface area contributed by atoms with Crippen LogP contribution in [-0.4, -0.2) is 23.3 Å². The van der Waals surface area contributed by atoms with E-state index in [2.05, 4.69) is 10.3 Å². The van der Waals surface area contributed by atoms with Crippen LogP contribution in [0.4, 0.5) is 5.69 Å². The van der Waals surface area contributed by atoms with E-state index in [1.54, 1.807) is 17.0 Å². The minimum atomic E-state index is -0.223. The first-order chi connectivity index (χ1) is 13.6. The van der Waals surface area contributed by atoms with Crippen LogP contribution in [0.25, 0.3) is 0 Å². The van der Waals surface area contributed by atoms with Gasteiger partial charge < -0.3 is 10.2 Å². The molecule has 1 aliphatic rings. The molecule has 1 aliphatic heterocycles. The van der Waals surface area contributed by atoms with Gasteiger partial charge in [-0.15, -0.1) is 0 Å². The molecule has 4 rings (SSSR count). The molecule has 0 atom stereocenters. The fourth-order valence-corrected chi connectivity index (χ4v) is 3.37. The molecule has 0 radical (unpaired) electrons. The fourth-order valence-electron chi connectivity index (χ4n) is 3.37. The number of amides is 2. The van der Waals surface area contributed by atoms with E-state index >= 15 is 0 Å². The smallest absolute Gasteiger partial charge is 0.276 e. The molecule has 2 amide bonds. The number of aromatic nitrogens is 1. The zero-order valence-corrected chi connectivity index (χ0v) is 15.7. The maximum Gasteiger partial charge on any atom is 0.276 e. The normalized spacial score (nSPS) is 12.5. The highest BCUT2D eigenvalue weighted by molar-refractivity contribution is 6.07. The van der Waals surface area contributed by atoms with Crippen LogP contribution in [0.15, 0.2) is 66.9 Å². The Labute approximate surface area is 164 Å². The second-order valence-electron chi connectivity index (χ2n) is 6.93. The van der Waals surface area contributed by atoms with E-state index in [1.165, 1.54) is 11.8 Å². The van der Waals surface area contributed by atoms with Gasteiger partial charge in [0, 0.05) is 30.5 Å². The molecule has 0 unspecified atom stereocenters. The third-order valence-electron chi connectivity index (χ3n) is 4.95. The van der Waals surface area contributed by atoms with Crippen LogP contribution >= 0.6 is 0 Å². The predicted molar refractivity (Wildman–Crippen MR) is 108 cm³/mol. The summed E-state index contributed by atoms with van der Waals surface area (Å²) in [5.41, 5.74) is 4.98. The number of nitrogens with zero attached hydrogens (tertiary/aromatic N) is 2. The summed E-state index contributed by atoms with van der Waals surface area (Å²) in [5.74, 6) is -0.406. The van der Waals surface area contributed by atoms with E-state index in [0.29, 0.717) is 18.7 Å². The number of nitrogens with one attached hydrogen (secondary N) is 1. The Bertz CT molecular complexity index is 1030. The summed E-state index contributed by atoms with van der Waals surface area (Å²) in [4.78, 5) is 31.4. The average Bonchev–Trinajstić information content (AvgIpc) is 3.17. The van der Waals surface area contributed by atoms with Crippen molar-refractivity contribution >= 4 is 17.5 Å². The third kappa shape index (κ3) is 3.64. The first-order valence-corrected chi connectivity index (χ1v) is 9.31. The summed E-state index contributed by atoms with van der Waals surface area (Å²) in [7, 11) is 0. The molecule has 2 heterocycles. The van der Waals surface area contributed by atoms with Crippen LogP contribution in [0.5, 0.6) is 0 Å². The number of hydrogen-bond acceptors (Lipinski definition) is 3. The summed E-state index contributed by atoms with van der Waals surface area (Å²) in [6.07, 6.45) is 2.34. The quantitative estimate of drug-likeness (QED) is 0.763. The molecule has 0 aliphatic carbocycles. The lowest BCUT2D eigenvalue weighted by Crippen LogP contribution is -2.30. The summed E-state index contributed by atoms with van der Waals surface area (Å²) in [6, 6.07) is 19.1. The van der Waals surface area contributed by atoms with Crippen molar-refractivity contribution < 1.29 is 9.59 Å². The standard InChI is InChI=1S/C23H21N3O2/c1-16-6-8-17(9-7-16)15-25-22(27)19-10-12-24-20(14-19)23(28)26-13-11-18-4-2-3-5-21(18)26/h2-10,12,14H,11,13,15H2,1H3,(H,25,27). The molecule has 0 saturated carbocycles. The Balaban J connectivity index is 1.47. The van der Waals surface area contributed by atoms with Crippen molar-refractivity contribution in [1.29, 1.82) is 0 Å².